The topological polar surface area (TPSA) is 46.1 Å². The monoisotopic (exact) mass is 349 g/mol. The molecular weight excluding hydrogens is 326 g/mol. The molecule has 0 bridgehead atoms. The first kappa shape index (κ1) is 16.7. The third-order valence-electron chi connectivity index (χ3n) is 4.39. The number of carbonyl (C=O) groups is 1. The van der Waals surface area contributed by atoms with E-state index < -0.39 is 0 Å². The standard InChI is InChI=1S/C17H23N3OS2/c1-3-13-6-4-5-8-20(13)15(21)7-9-22-16-14-10-12(2)23-17(14)19-11-18-16/h10-11,13H,3-9H2,1-2H3. The Labute approximate surface area is 145 Å². The van der Waals surface area contributed by atoms with E-state index in [9.17, 15) is 4.79 Å². The van der Waals surface area contributed by atoms with Crippen LogP contribution in [0, 0.1) is 6.92 Å². The Morgan fingerprint density at radius 2 is 2.30 bits per heavy atom. The molecule has 0 radical (unpaired) electrons. The smallest absolute Gasteiger partial charge is 0.223 e. The Balaban J connectivity index is 1.59. The van der Waals surface area contributed by atoms with Gasteiger partial charge in [-0.2, -0.15) is 0 Å². The number of piperidine rings is 1. The summed E-state index contributed by atoms with van der Waals surface area (Å²) >= 11 is 3.36. The van der Waals surface area contributed by atoms with Crippen molar-refractivity contribution in [3.63, 3.8) is 0 Å². The molecule has 1 fully saturated rings. The number of carbonyl (C=O) groups excluding carboxylic acids is 1. The Hall–Kier alpha value is -1.14. The predicted octanol–water partition coefficient (Wildman–Crippen LogP) is 4.27. The molecule has 6 heteroatoms. The molecule has 1 atom stereocenters. The van der Waals surface area contributed by atoms with Gasteiger partial charge in [0.1, 0.15) is 16.2 Å². The van der Waals surface area contributed by atoms with Crippen molar-refractivity contribution >= 4 is 39.2 Å². The molecule has 3 rings (SSSR count). The Kier molecular flexibility index (Phi) is 5.54. The second-order valence-corrected chi connectivity index (χ2v) is 8.32. The van der Waals surface area contributed by atoms with E-state index >= 15 is 0 Å². The molecule has 2 aromatic heterocycles. The van der Waals surface area contributed by atoms with Crippen LogP contribution in [0.5, 0.6) is 0 Å². The number of thioether (sulfide) groups is 1. The molecule has 4 nitrogen and oxygen atoms in total. The largest absolute Gasteiger partial charge is 0.340 e. The molecule has 1 amide bonds. The average molecular weight is 350 g/mol. The molecule has 0 saturated carbocycles. The number of likely N-dealkylation sites (tertiary alicyclic amines) is 1. The van der Waals surface area contributed by atoms with Crippen molar-refractivity contribution in [1.82, 2.24) is 14.9 Å². The highest BCUT2D eigenvalue weighted by atomic mass is 32.2. The summed E-state index contributed by atoms with van der Waals surface area (Å²) in [6, 6.07) is 2.59. The summed E-state index contributed by atoms with van der Waals surface area (Å²) in [7, 11) is 0. The van der Waals surface area contributed by atoms with Crippen molar-refractivity contribution in [3.05, 3.63) is 17.3 Å². The van der Waals surface area contributed by atoms with Gasteiger partial charge >= 0.3 is 0 Å². The van der Waals surface area contributed by atoms with Crippen LogP contribution in [0.4, 0.5) is 0 Å². The maximum Gasteiger partial charge on any atom is 0.223 e. The molecule has 23 heavy (non-hydrogen) atoms. The van der Waals surface area contributed by atoms with Crippen LogP contribution in [0.25, 0.3) is 10.2 Å². The number of aromatic nitrogens is 2. The van der Waals surface area contributed by atoms with E-state index in [-0.39, 0.29) is 0 Å². The quantitative estimate of drug-likeness (QED) is 0.597. The Morgan fingerprint density at radius 3 is 3.13 bits per heavy atom. The number of hydrogen-bond acceptors (Lipinski definition) is 5. The van der Waals surface area contributed by atoms with Crippen molar-refractivity contribution < 1.29 is 4.79 Å². The fourth-order valence-corrected chi connectivity index (χ4v) is 5.02. The van der Waals surface area contributed by atoms with Crippen molar-refractivity contribution in [3.8, 4) is 0 Å². The van der Waals surface area contributed by atoms with Gasteiger partial charge in [0.15, 0.2) is 0 Å². The van der Waals surface area contributed by atoms with Crippen molar-refractivity contribution in [2.75, 3.05) is 12.3 Å². The molecule has 0 aromatic carbocycles. The molecule has 124 valence electrons. The van der Waals surface area contributed by atoms with Crippen LogP contribution in [-0.2, 0) is 4.79 Å². The first-order chi connectivity index (χ1) is 11.2. The summed E-state index contributed by atoms with van der Waals surface area (Å²) in [4.78, 5) is 25.6. The van der Waals surface area contributed by atoms with E-state index in [4.69, 9.17) is 0 Å². The van der Waals surface area contributed by atoms with Crippen molar-refractivity contribution in [1.29, 1.82) is 0 Å². The zero-order chi connectivity index (χ0) is 16.2. The van der Waals surface area contributed by atoms with Gasteiger partial charge in [0, 0.05) is 35.0 Å². The summed E-state index contributed by atoms with van der Waals surface area (Å²) in [5.41, 5.74) is 0. The lowest BCUT2D eigenvalue weighted by Crippen LogP contribution is -2.43. The van der Waals surface area contributed by atoms with Gasteiger partial charge in [-0.1, -0.05) is 6.92 Å². The van der Waals surface area contributed by atoms with Gasteiger partial charge in [-0.25, -0.2) is 9.97 Å². The lowest BCUT2D eigenvalue weighted by molar-refractivity contribution is -0.134. The number of hydrogen-bond donors (Lipinski definition) is 0. The zero-order valence-electron chi connectivity index (χ0n) is 13.7. The molecule has 0 spiro atoms. The Bertz CT molecular complexity index is 686. The fraction of sp³-hybridized carbons (Fsp3) is 0.588. The van der Waals surface area contributed by atoms with E-state index in [1.165, 1.54) is 11.3 Å². The molecule has 0 N–H and O–H groups in total. The molecule has 1 aliphatic rings. The van der Waals surface area contributed by atoms with E-state index in [0.29, 0.717) is 18.4 Å². The average Bonchev–Trinajstić information content (AvgIpc) is 2.95. The number of fused-ring (bicyclic) bond motifs is 1. The SMILES string of the molecule is CCC1CCCCN1C(=O)CCSc1ncnc2sc(C)cc12. The summed E-state index contributed by atoms with van der Waals surface area (Å²) in [6.45, 7) is 5.20. The minimum Gasteiger partial charge on any atom is -0.340 e. The van der Waals surface area contributed by atoms with E-state index in [1.54, 1.807) is 29.4 Å². The molecule has 1 saturated heterocycles. The first-order valence-electron chi connectivity index (χ1n) is 8.32. The van der Waals surface area contributed by atoms with Crippen LogP contribution in [0.3, 0.4) is 0 Å². The summed E-state index contributed by atoms with van der Waals surface area (Å²) in [6.07, 6.45) is 6.86. The van der Waals surface area contributed by atoms with Gasteiger partial charge in [-0.05, 0) is 38.7 Å². The Morgan fingerprint density at radius 1 is 1.43 bits per heavy atom. The number of amides is 1. The minimum absolute atomic E-state index is 0.302. The normalized spacial score (nSPS) is 18.5. The van der Waals surface area contributed by atoms with Crippen molar-refractivity contribution in [2.45, 2.75) is 57.0 Å². The van der Waals surface area contributed by atoms with Crippen LogP contribution in [0.2, 0.25) is 0 Å². The second-order valence-electron chi connectivity index (χ2n) is 6.00. The van der Waals surface area contributed by atoms with Crippen LogP contribution < -0.4 is 0 Å². The van der Waals surface area contributed by atoms with Crippen LogP contribution in [0.15, 0.2) is 17.4 Å². The van der Waals surface area contributed by atoms with Gasteiger partial charge in [0.2, 0.25) is 5.91 Å². The summed E-state index contributed by atoms with van der Waals surface area (Å²) in [5.74, 6) is 1.09. The van der Waals surface area contributed by atoms with Crippen LogP contribution >= 0.6 is 23.1 Å². The third kappa shape index (κ3) is 3.86. The zero-order valence-corrected chi connectivity index (χ0v) is 15.4. The molecule has 1 unspecified atom stereocenters. The van der Waals surface area contributed by atoms with Crippen LogP contribution in [-0.4, -0.2) is 39.1 Å². The fourth-order valence-electron chi connectivity index (χ4n) is 3.20. The van der Waals surface area contributed by atoms with Gasteiger partial charge < -0.3 is 4.90 Å². The second kappa shape index (κ2) is 7.62. The molecular formula is C17H23N3OS2. The maximum absolute atomic E-state index is 12.5. The lowest BCUT2D eigenvalue weighted by Gasteiger charge is -2.35. The number of aryl methyl sites for hydroxylation is 1. The third-order valence-corrected chi connectivity index (χ3v) is 6.36. The highest BCUT2D eigenvalue weighted by Gasteiger charge is 2.24. The summed E-state index contributed by atoms with van der Waals surface area (Å²) < 4.78 is 0. The highest BCUT2D eigenvalue weighted by molar-refractivity contribution is 7.99. The molecule has 3 heterocycles. The van der Waals surface area contributed by atoms with Gasteiger partial charge in [0.05, 0.1) is 0 Å². The van der Waals surface area contributed by atoms with E-state index in [2.05, 4.69) is 34.8 Å². The highest BCUT2D eigenvalue weighted by Crippen LogP contribution is 2.30. The lowest BCUT2D eigenvalue weighted by atomic mass is 10.00. The molecule has 2 aromatic rings. The molecule has 1 aliphatic heterocycles. The van der Waals surface area contributed by atoms with Gasteiger partial charge in [-0.3, -0.25) is 4.79 Å². The number of nitrogens with zero attached hydrogens (tertiary/aromatic N) is 3. The predicted molar refractivity (Wildman–Crippen MR) is 97.1 cm³/mol. The maximum atomic E-state index is 12.5. The number of thiophene rings is 1. The van der Waals surface area contributed by atoms with Crippen LogP contribution in [0.1, 0.15) is 43.9 Å². The van der Waals surface area contributed by atoms with E-state index in [0.717, 1.165) is 46.8 Å². The van der Waals surface area contributed by atoms with Crippen molar-refractivity contribution in [2.24, 2.45) is 0 Å². The number of rotatable bonds is 5. The first-order valence-corrected chi connectivity index (χ1v) is 10.1. The van der Waals surface area contributed by atoms with Gasteiger partial charge in [-0.15, -0.1) is 23.1 Å². The van der Waals surface area contributed by atoms with Gasteiger partial charge in [0.25, 0.3) is 0 Å². The van der Waals surface area contributed by atoms with E-state index in [1.807, 2.05) is 0 Å². The molecule has 0 aliphatic carbocycles. The minimum atomic E-state index is 0.302. The summed E-state index contributed by atoms with van der Waals surface area (Å²) in [5, 5.41) is 2.12.